The minimum Gasteiger partial charge on any atom is -0.366 e. The Morgan fingerprint density at radius 2 is 2.17 bits per heavy atom. The summed E-state index contributed by atoms with van der Waals surface area (Å²) in [6.45, 7) is 4.20. The molecule has 0 aromatic carbocycles. The van der Waals surface area contributed by atoms with Gasteiger partial charge >= 0.3 is 0 Å². The molecule has 4 nitrogen and oxygen atoms in total. The minimum atomic E-state index is -0.203. The van der Waals surface area contributed by atoms with E-state index >= 15 is 0 Å². The van der Waals surface area contributed by atoms with Crippen molar-refractivity contribution in [3.8, 4) is 0 Å². The molecule has 1 unspecified atom stereocenters. The Bertz CT molecular complexity index is 191. The highest BCUT2D eigenvalue weighted by molar-refractivity contribution is 5.83. The largest absolute Gasteiger partial charge is 0.366 e. The molecule has 2 fully saturated rings. The van der Waals surface area contributed by atoms with Crippen LogP contribution < -0.4 is 0 Å². The Labute approximate surface area is 72.1 Å². The average molecular weight is 170 g/mol. The molecule has 0 aromatic heterocycles. The van der Waals surface area contributed by atoms with E-state index in [2.05, 4.69) is 4.90 Å². The molecular formula is C8H14N2O2. The van der Waals surface area contributed by atoms with Crippen LogP contribution in [0.3, 0.4) is 0 Å². The molecule has 0 bridgehead atoms. The molecule has 68 valence electrons. The van der Waals surface area contributed by atoms with E-state index in [1.165, 1.54) is 0 Å². The lowest BCUT2D eigenvalue weighted by atomic mass is 10.2. The zero-order valence-electron chi connectivity index (χ0n) is 7.32. The van der Waals surface area contributed by atoms with Crippen molar-refractivity contribution in [2.45, 2.75) is 6.10 Å². The summed E-state index contributed by atoms with van der Waals surface area (Å²) in [7, 11) is 2.02. The number of ether oxygens (including phenoxy) is 1. The molecule has 0 aromatic rings. The number of carbonyl (C=O) groups excluding carboxylic acids is 1. The van der Waals surface area contributed by atoms with Gasteiger partial charge in [0.25, 0.3) is 5.91 Å². The number of likely N-dealkylation sites (N-methyl/N-ethyl adjacent to an activating group) is 1. The van der Waals surface area contributed by atoms with Gasteiger partial charge in [-0.3, -0.25) is 4.79 Å². The first-order valence-corrected chi connectivity index (χ1v) is 4.36. The van der Waals surface area contributed by atoms with Gasteiger partial charge < -0.3 is 14.5 Å². The third-order valence-electron chi connectivity index (χ3n) is 2.30. The first kappa shape index (κ1) is 8.01. The van der Waals surface area contributed by atoms with Crippen molar-refractivity contribution in [1.82, 2.24) is 9.80 Å². The van der Waals surface area contributed by atoms with Gasteiger partial charge in [0.1, 0.15) is 6.10 Å². The lowest BCUT2D eigenvalue weighted by Gasteiger charge is -2.29. The molecule has 0 N–H and O–H groups in total. The molecule has 12 heavy (non-hydrogen) atoms. The fraction of sp³-hybridized carbons (Fsp3) is 0.875. The lowest BCUT2D eigenvalue weighted by molar-refractivity contribution is -0.142. The standard InChI is InChI=1S/C8H14N2O2/c1-9-4-5-12-7(6-9)8(11)10-2-3-10/h7H,2-6H2,1H3. The number of hydrogen-bond acceptors (Lipinski definition) is 3. The van der Waals surface area contributed by atoms with Crippen molar-refractivity contribution < 1.29 is 9.53 Å². The fourth-order valence-corrected chi connectivity index (χ4v) is 1.40. The predicted molar refractivity (Wildman–Crippen MR) is 43.8 cm³/mol. The normalized spacial score (nSPS) is 30.4. The van der Waals surface area contributed by atoms with Gasteiger partial charge in [0.15, 0.2) is 0 Å². The summed E-state index contributed by atoms with van der Waals surface area (Å²) < 4.78 is 5.38. The van der Waals surface area contributed by atoms with Gasteiger partial charge in [-0.15, -0.1) is 0 Å². The predicted octanol–water partition coefficient (Wildman–Crippen LogP) is -0.841. The molecule has 2 aliphatic rings. The molecule has 4 heteroatoms. The van der Waals surface area contributed by atoms with E-state index in [0.717, 1.165) is 26.2 Å². The molecule has 2 heterocycles. The van der Waals surface area contributed by atoms with Gasteiger partial charge in [-0.2, -0.15) is 0 Å². The van der Waals surface area contributed by atoms with Crippen LogP contribution in [0.4, 0.5) is 0 Å². The topological polar surface area (TPSA) is 32.5 Å². The minimum absolute atomic E-state index is 0.168. The highest BCUT2D eigenvalue weighted by Gasteiger charge is 2.33. The maximum absolute atomic E-state index is 11.5. The van der Waals surface area contributed by atoms with Gasteiger partial charge in [-0.25, -0.2) is 0 Å². The Morgan fingerprint density at radius 3 is 2.75 bits per heavy atom. The second-order valence-corrected chi connectivity index (χ2v) is 3.45. The number of nitrogens with zero attached hydrogens (tertiary/aromatic N) is 2. The summed E-state index contributed by atoms with van der Waals surface area (Å²) in [4.78, 5) is 15.4. The summed E-state index contributed by atoms with van der Waals surface area (Å²) in [5, 5.41) is 0. The van der Waals surface area contributed by atoms with E-state index in [1.807, 2.05) is 11.9 Å². The second kappa shape index (κ2) is 3.03. The molecule has 0 saturated carbocycles. The zero-order chi connectivity index (χ0) is 8.55. The summed E-state index contributed by atoms with van der Waals surface area (Å²) >= 11 is 0. The van der Waals surface area contributed by atoms with Gasteiger partial charge in [-0.1, -0.05) is 0 Å². The van der Waals surface area contributed by atoms with Crippen molar-refractivity contribution in [1.29, 1.82) is 0 Å². The quantitative estimate of drug-likeness (QED) is 0.481. The van der Waals surface area contributed by atoms with Crippen LogP contribution in [-0.2, 0) is 9.53 Å². The van der Waals surface area contributed by atoms with Crippen LogP contribution in [0.25, 0.3) is 0 Å². The Morgan fingerprint density at radius 1 is 1.42 bits per heavy atom. The lowest BCUT2D eigenvalue weighted by Crippen LogP contribution is -2.46. The first-order valence-electron chi connectivity index (χ1n) is 4.36. The first-order chi connectivity index (χ1) is 5.77. The molecule has 2 rings (SSSR count). The molecule has 0 radical (unpaired) electrons. The number of hydrogen-bond donors (Lipinski definition) is 0. The number of morpholine rings is 1. The van der Waals surface area contributed by atoms with Crippen molar-refractivity contribution in [2.75, 3.05) is 39.8 Å². The molecule has 2 saturated heterocycles. The van der Waals surface area contributed by atoms with Crippen molar-refractivity contribution in [3.63, 3.8) is 0 Å². The van der Waals surface area contributed by atoms with Crippen molar-refractivity contribution in [3.05, 3.63) is 0 Å². The van der Waals surface area contributed by atoms with Gasteiger partial charge in [0.05, 0.1) is 6.61 Å². The molecule has 0 aliphatic carbocycles. The fourth-order valence-electron chi connectivity index (χ4n) is 1.40. The zero-order valence-corrected chi connectivity index (χ0v) is 7.32. The highest BCUT2D eigenvalue weighted by Crippen LogP contribution is 2.12. The molecule has 1 atom stereocenters. The van der Waals surface area contributed by atoms with Crippen LogP contribution in [0.2, 0.25) is 0 Å². The highest BCUT2D eigenvalue weighted by atomic mass is 16.5. The van der Waals surface area contributed by atoms with Crippen LogP contribution in [0.1, 0.15) is 0 Å². The van der Waals surface area contributed by atoms with Crippen LogP contribution >= 0.6 is 0 Å². The van der Waals surface area contributed by atoms with E-state index in [9.17, 15) is 4.79 Å². The van der Waals surface area contributed by atoms with Gasteiger partial charge in [0.2, 0.25) is 0 Å². The van der Waals surface area contributed by atoms with Crippen LogP contribution in [0.5, 0.6) is 0 Å². The summed E-state index contributed by atoms with van der Waals surface area (Å²) in [5.41, 5.74) is 0. The Kier molecular flexibility index (Phi) is 2.02. The van der Waals surface area contributed by atoms with Crippen LogP contribution in [0.15, 0.2) is 0 Å². The molecule has 2 aliphatic heterocycles. The molecule has 1 amide bonds. The smallest absolute Gasteiger partial charge is 0.253 e. The molecule has 0 spiro atoms. The van der Waals surface area contributed by atoms with Crippen molar-refractivity contribution >= 4 is 5.91 Å². The third kappa shape index (κ3) is 1.59. The Balaban J connectivity index is 1.89. The maximum Gasteiger partial charge on any atom is 0.253 e. The number of carbonyl (C=O) groups is 1. The SMILES string of the molecule is CN1CCOC(C(=O)N2CC2)C1. The van der Waals surface area contributed by atoms with E-state index in [0.29, 0.717) is 6.61 Å². The van der Waals surface area contributed by atoms with Gasteiger partial charge in [-0.05, 0) is 7.05 Å². The van der Waals surface area contributed by atoms with E-state index in [-0.39, 0.29) is 12.0 Å². The van der Waals surface area contributed by atoms with Gasteiger partial charge in [0, 0.05) is 26.2 Å². The summed E-state index contributed by atoms with van der Waals surface area (Å²) in [6.07, 6.45) is -0.203. The molecular weight excluding hydrogens is 156 g/mol. The van der Waals surface area contributed by atoms with Crippen molar-refractivity contribution in [2.24, 2.45) is 0 Å². The average Bonchev–Trinajstić information content (AvgIpc) is 2.85. The number of rotatable bonds is 1. The van der Waals surface area contributed by atoms with Crippen LogP contribution in [-0.4, -0.2) is 61.6 Å². The summed E-state index contributed by atoms with van der Waals surface area (Å²) in [5.74, 6) is 0.168. The third-order valence-corrected chi connectivity index (χ3v) is 2.30. The van der Waals surface area contributed by atoms with E-state index in [4.69, 9.17) is 4.74 Å². The van der Waals surface area contributed by atoms with E-state index in [1.54, 1.807) is 0 Å². The summed E-state index contributed by atoms with van der Waals surface area (Å²) in [6, 6.07) is 0. The van der Waals surface area contributed by atoms with Crippen LogP contribution in [0, 0.1) is 0 Å². The maximum atomic E-state index is 11.5. The van der Waals surface area contributed by atoms with E-state index < -0.39 is 0 Å². The Hall–Kier alpha value is -0.610. The second-order valence-electron chi connectivity index (χ2n) is 3.45. The number of amides is 1. The monoisotopic (exact) mass is 170 g/mol.